The molecule has 1 heterocycles. The molecule has 0 saturated carbocycles. The molecule has 0 aliphatic carbocycles. The van der Waals surface area contributed by atoms with E-state index in [4.69, 9.17) is 0 Å². The highest BCUT2D eigenvalue weighted by molar-refractivity contribution is 5.96. The summed E-state index contributed by atoms with van der Waals surface area (Å²) in [5.41, 5.74) is 2.78. The second kappa shape index (κ2) is 5.02. The molecule has 0 aliphatic rings. The first-order valence-corrected chi connectivity index (χ1v) is 6.47. The smallest absolute Gasteiger partial charge is 0.131 e. The zero-order valence-corrected chi connectivity index (χ0v) is 11.0. The van der Waals surface area contributed by atoms with Gasteiger partial charge in [-0.25, -0.2) is 4.39 Å². The van der Waals surface area contributed by atoms with Crippen LogP contribution in [0.25, 0.3) is 21.9 Å². The molecule has 0 aliphatic heterocycles. The Kier molecular flexibility index (Phi) is 3.20. The number of pyridine rings is 1. The van der Waals surface area contributed by atoms with Crippen LogP contribution in [-0.4, -0.2) is 10.1 Å². The van der Waals surface area contributed by atoms with E-state index in [0.29, 0.717) is 5.39 Å². The van der Waals surface area contributed by atoms with Gasteiger partial charge in [0.2, 0.25) is 0 Å². The minimum absolute atomic E-state index is 0.244. The molecule has 1 unspecified atom stereocenters. The number of rotatable bonds is 2. The molecule has 1 atom stereocenters. The quantitative estimate of drug-likeness (QED) is 0.758. The third-order valence-corrected chi connectivity index (χ3v) is 3.47. The Labute approximate surface area is 116 Å². The third-order valence-electron chi connectivity index (χ3n) is 3.47. The minimum atomic E-state index is -0.490. The number of aliphatic hydroxyl groups excluding tert-OH is 1. The van der Waals surface area contributed by atoms with E-state index in [9.17, 15) is 9.50 Å². The molecule has 2 nitrogen and oxygen atoms in total. The molecule has 3 rings (SSSR count). The summed E-state index contributed by atoms with van der Waals surface area (Å²) in [7, 11) is 0. The topological polar surface area (TPSA) is 33.1 Å². The second-order valence-electron chi connectivity index (χ2n) is 4.81. The second-order valence-corrected chi connectivity index (χ2v) is 4.81. The van der Waals surface area contributed by atoms with Gasteiger partial charge < -0.3 is 5.11 Å². The Morgan fingerprint density at radius 2 is 1.75 bits per heavy atom. The number of aromatic nitrogens is 1. The van der Waals surface area contributed by atoms with Crippen molar-refractivity contribution in [2.24, 2.45) is 0 Å². The average molecular weight is 267 g/mol. The van der Waals surface area contributed by atoms with Crippen LogP contribution in [0.1, 0.15) is 18.6 Å². The molecule has 0 fully saturated rings. The van der Waals surface area contributed by atoms with Crippen LogP contribution in [0, 0.1) is 5.82 Å². The zero-order valence-electron chi connectivity index (χ0n) is 11.0. The highest BCUT2D eigenvalue weighted by Crippen LogP contribution is 2.30. The van der Waals surface area contributed by atoms with Crippen LogP contribution in [0.2, 0.25) is 0 Å². The van der Waals surface area contributed by atoms with Gasteiger partial charge in [0.05, 0.1) is 6.10 Å². The third kappa shape index (κ3) is 2.17. The van der Waals surface area contributed by atoms with Crippen molar-refractivity contribution in [1.29, 1.82) is 0 Å². The summed E-state index contributed by atoms with van der Waals surface area (Å²) >= 11 is 0. The average Bonchev–Trinajstić information content (AvgIpc) is 2.48. The minimum Gasteiger partial charge on any atom is -0.389 e. The zero-order chi connectivity index (χ0) is 14.1. The lowest BCUT2D eigenvalue weighted by molar-refractivity contribution is 0.199. The standard InChI is InChI=1S/C17H14FNO/c1-11(20)12-2-4-13(5-3-12)14-6-7-17(18)15-8-9-19-10-16(14)15/h2-11,20H,1H3. The van der Waals surface area contributed by atoms with Crippen molar-refractivity contribution in [1.82, 2.24) is 4.98 Å². The summed E-state index contributed by atoms with van der Waals surface area (Å²) in [5.74, 6) is -0.244. The highest BCUT2D eigenvalue weighted by Gasteiger charge is 2.08. The molecular weight excluding hydrogens is 253 g/mol. The van der Waals surface area contributed by atoms with Crippen LogP contribution in [0.4, 0.5) is 4.39 Å². The predicted octanol–water partition coefficient (Wildman–Crippen LogP) is 4.09. The molecule has 1 aromatic heterocycles. The lowest BCUT2D eigenvalue weighted by Crippen LogP contribution is -1.91. The fourth-order valence-electron chi connectivity index (χ4n) is 2.35. The molecule has 100 valence electrons. The molecule has 3 heteroatoms. The Hall–Kier alpha value is -2.26. The number of aliphatic hydroxyl groups is 1. The summed E-state index contributed by atoms with van der Waals surface area (Å²) in [6.45, 7) is 1.73. The first-order valence-electron chi connectivity index (χ1n) is 6.47. The summed E-state index contributed by atoms with van der Waals surface area (Å²) in [6.07, 6.45) is 2.78. The van der Waals surface area contributed by atoms with E-state index in [1.807, 2.05) is 24.3 Å². The lowest BCUT2D eigenvalue weighted by atomic mass is 9.98. The molecule has 2 aromatic carbocycles. The number of hydrogen-bond acceptors (Lipinski definition) is 2. The molecule has 0 saturated heterocycles. The molecule has 0 amide bonds. The fraction of sp³-hybridized carbons (Fsp3) is 0.118. The van der Waals surface area contributed by atoms with Gasteiger partial charge in [-0.3, -0.25) is 4.98 Å². The molecule has 1 N–H and O–H groups in total. The largest absolute Gasteiger partial charge is 0.389 e. The van der Waals surface area contributed by atoms with Crippen LogP contribution in [0.3, 0.4) is 0 Å². The van der Waals surface area contributed by atoms with Gasteiger partial charge in [0, 0.05) is 23.2 Å². The summed E-state index contributed by atoms with van der Waals surface area (Å²) < 4.78 is 13.8. The van der Waals surface area contributed by atoms with Crippen molar-refractivity contribution in [3.63, 3.8) is 0 Å². The molecule has 20 heavy (non-hydrogen) atoms. The van der Waals surface area contributed by atoms with E-state index in [1.165, 1.54) is 6.07 Å². The fourth-order valence-corrected chi connectivity index (χ4v) is 2.35. The number of halogens is 1. The maximum absolute atomic E-state index is 13.8. The lowest BCUT2D eigenvalue weighted by Gasteiger charge is -2.09. The van der Waals surface area contributed by atoms with Crippen molar-refractivity contribution in [3.05, 3.63) is 66.2 Å². The maximum atomic E-state index is 13.8. The number of fused-ring (bicyclic) bond motifs is 1. The van der Waals surface area contributed by atoms with E-state index in [-0.39, 0.29) is 5.82 Å². The van der Waals surface area contributed by atoms with Gasteiger partial charge >= 0.3 is 0 Å². The van der Waals surface area contributed by atoms with Crippen LogP contribution in [0.5, 0.6) is 0 Å². The van der Waals surface area contributed by atoms with Crippen molar-refractivity contribution in [2.45, 2.75) is 13.0 Å². The Morgan fingerprint density at radius 3 is 2.45 bits per heavy atom. The van der Waals surface area contributed by atoms with Crippen molar-refractivity contribution in [3.8, 4) is 11.1 Å². The van der Waals surface area contributed by atoms with Gasteiger partial charge in [0.15, 0.2) is 0 Å². The number of nitrogens with zero attached hydrogens (tertiary/aromatic N) is 1. The van der Waals surface area contributed by atoms with E-state index in [0.717, 1.165) is 22.1 Å². The van der Waals surface area contributed by atoms with Crippen LogP contribution in [-0.2, 0) is 0 Å². The Balaban J connectivity index is 2.17. The van der Waals surface area contributed by atoms with E-state index >= 15 is 0 Å². The van der Waals surface area contributed by atoms with E-state index in [1.54, 1.807) is 31.5 Å². The number of benzene rings is 2. The van der Waals surface area contributed by atoms with Gasteiger partial charge in [-0.2, -0.15) is 0 Å². The van der Waals surface area contributed by atoms with E-state index < -0.39 is 6.10 Å². The summed E-state index contributed by atoms with van der Waals surface area (Å²) in [6, 6.07) is 12.5. The normalized spacial score (nSPS) is 12.6. The molecule has 0 bridgehead atoms. The SMILES string of the molecule is CC(O)c1ccc(-c2ccc(F)c3ccncc23)cc1. The van der Waals surface area contributed by atoms with Crippen LogP contribution >= 0.6 is 0 Å². The molecule has 3 aromatic rings. The van der Waals surface area contributed by atoms with Crippen molar-refractivity contribution >= 4 is 10.8 Å². The highest BCUT2D eigenvalue weighted by atomic mass is 19.1. The first kappa shape index (κ1) is 12.8. The van der Waals surface area contributed by atoms with Gasteiger partial charge in [-0.15, -0.1) is 0 Å². The molecular formula is C17H14FNO. The van der Waals surface area contributed by atoms with Gasteiger partial charge in [0.25, 0.3) is 0 Å². The van der Waals surface area contributed by atoms with Gasteiger partial charge in [-0.05, 0) is 35.7 Å². The molecule has 0 radical (unpaired) electrons. The first-order chi connectivity index (χ1) is 9.66. The van der Waals surface area contributed by atoms with Crippen molar-refractivity contribution < 1.29 is 9.50 Å². The predicted molar refractivity (Wildman–Crippen MR) is 77.8 cm³/mol. The van der Waals surface area contributed by atoms with E-state index in [2.05, 4.69) is 4.98 Å². The van der Waals surface area contributed by atoms with Crippen molar-refractivity contribution in [2.75, 3.05) is 0 Å². The summed E-state index contributed by atoms with van der Waals surface area (Å²) in [5, 5.41) is 10.9. The summed E-state index contributed by atoms with van der Waals surface area (Å²) in [4.78, 5) is 4.08. The van der Waals surface area contributed by atoms with Crippen LogP contribution in [0.15, 0.2) is 54.9 Å². The van der Waals surface area contributed by atoms with Crippen LogP contribution < -0.4 is 0 Å². The Bertz CT molecular complexity index is 751. The maximum Gasteiger partial charge on any atom is 0.131 e. The Morgan fingerprint density at radius 1 is 1.00 bits per heavy atom. The monoisotopic (exact) mass is 267 g/mol. The van der Waals surface area contributed by atoms with Gasteiger partial charge in [0.1, 0.15) is 5.82 Å². The van der Waals surface area contributed by atoms with Gasteiger partial charge in [-0.1, -0.05) is 30.3 Å². The molecule has 0 spiro atoms. The number of hydrogen-bond donors (Lipinski definition) is 1.